The van der Waals surface area contributed by atoms with E-state index < -0.39 is 23.4 Å². The van der Waals surface area contributed by atoms with Crippen LogP contribution in [0.15, 0.2) is 18.2 Å². The van der Waals surface area contributed by atoms with Crippen LogP contribution in [0.3, 0.4) is 0 Å². The van der Waals surface area contributed by atoms with E-state index in [1.807, 2.05) is 6.07 Å². The average Bonchev–Trinajstić information content (AvgIpc) is 2.93. The van der Waals surface area contributed by atoms with Crippen LogP contribution < -0.4 is 4.90 Å². The monoisotopic (exact) mass is 336 g/mol. The lowest BCUT2D eigenvalue weighted by atomic mass is 10.2. The zero-order chi connectivity index (χ0) is 18.7. The zero-order valence-corrected chi connectivity index (χ0v) is 14.8. The van der Waals surface area contributed by atoms with Gasteiger partial charge in [-0.15, -0.1) is 0 Å². The third-order valence-electron chi connectivity index (χ3n) is 2.58. The van der Waals surface area contributed by atoms with Crippen molar-refractivity contribution in [2.75, 3.05) is 4.90 Å². The van der Waals surface area contributed by atoms with Gasteiger partial charge in [0, 0.05) is 0 Å². The Labute approximate surface area is 142 Å². The molecule has 2 rings (SSSR count). The first-order valence-corrected chi connectivity index (χ1v) is 7.39. The predicted octanol–water partition coefficient (Wildman–Crippen LogP) is 2.85. The number of amides is 2. The van der Waals surface area contributed by atoms with Crippen LogP contribution in [0.1, 0.15) is 41.5 Å². The highest BCUT2D eigenvalue weighted by molar-refractivity contribution is 6.13. The van der Waals surface area contributed by atoms with E-state index in [4.69, 9.17) is 19.5 Å². The normalized spacial score (nSPS) is 11.7. The highest BCUT2D eigenvalue weighted by Crippen LogP contribution is 2.40. The molecule has 2 amide bonds. The van der Waals surface area contributed by atoms with Crippen molar-refractivity contribution in [3.63, 3.8) is 0 Å². The van der Waals surface area contributed by atoms with Crippen molar-refractivity contribution in [3.05, 3.63) is 18.2 Å². The highest BCUT2D eigenvalue weighted by Gasteiger charge is 2.34. The van der Waals surface area contributed by atoms with Crippen molar-refractivity contribution in [2.24, 2.45) is 0 Å². The third kappa shape index (κ3) is 6.21. The second kappa shape index (κ2) is 7.23. The molecule has 24 heavy (non-hydrogen) atoms. The lowest BCUT2D eigenvalue weighted by Crippen LogP contribution is -2.43. The highest BCUT2D eigenvalue weighted by atomic mass is 16.6. The number of hydrogen-bond donors (Lipinski definition) is 2. The maximum absolute atomic E-state index is 12.3. The van der Waals surface area contributed by atoms with Crippen LogP contribution in [0.4, 0.5) is 15.3 Å². The molecule has 0 aromatic heterocycles. The van der Waals surface area contributed by atoms with Crippen molar-refractivity contribution >= 4 is 25.6 Å². The first-order valence-electron chi connectivity index (χ1n) is 7.39. The molecule has 0 fully saturated rings. The number of benzene rings is 1. The Hall–Kier alpha value is -2.06. The van der Waals surface area contributed by atoms with Gasteiger partial charge in [0.05, 0.1) is 5.69 Å². The van der Waals surface area contributed by atoms with Gasteiger partial charge in [0.25, 0.3) is 0 Å². The van der Waals surface area contributed by atoms with Crippen molar-refractivity contribution in [2.45, 2.75) is 52.7 Å². The van der Waals surface area contributed by atoms with Gasteiger partial charge in [0.1, 0.15) is 11.2 Å². The quantitative estimate of drug-likeness (QED) is 0.778. The van der Waals surface area contributed by atoms with Crippen LogP contribution in [0.5, 0.6) is 0 Å². The number of nitrogens with zero attached hydrogens (tertiary/aromatic N) is 1. The summed E-state index contributed by atoms with van der Waals surface area (Å²) in [4.78, 5) is 25.6. The Bertz CT molecular complexity index is 570. The molecule has 0 saturated heterocycles. The fourth-order valence-electron chi connectivity index (χ4n) is 1.77. The number of ether oxygens (including phenoxy) is 2. The summed E-state index contributed by atoms with van der Waals surface area (Å²) in [5.41, 5.74) is 1.16. The predicted molar refractivity (Wildman–Crippen MR) is 90.6 cm³/mol. The number of rotatable bonds is 1. The number of carbonyl (C=O) groups excluding carboxylic acids is 2. The van der Waals surface area contributed by atoms with Crippen LogP contribution in [0, 0.1) is 0 Å². The van der Waals surface area contributed by atoms with Crippen molar-refractivity contribution in [3.8, 4) is 11.1 Å². The molecule has 0 aliphatic heterocycles. The molecule has 0 saturated carbocycles. The topological polar surface area (TPSA) is 96.3 Å². The molecular weight excluding hydrogens is 313 g/mol. The van der Waals surface area contributed by atoms with Gasteiger partial charge in [0.2, 0.25) is 0 Å². The lowest BCUT2D eigenvalue weighted by Gasteiger charge is -2.28. The second-order valence-corrected chi connectivity index (χ2v) is 7.18. The number of fused-ring (bicyclic) bond motifs is 1. The summed E-state index contributed by atoms with van der Waals surface area (Å²) < 4.78 is 10.6. The van der Waals surface area contributed by atoms with E-state index in [0.717, 1.165) is 16.0 Å². The maximum atomic E-state index is 12.3. The van der Waals surface area contributed by atoms with E-state index >= 15 is 0 Å². The Balaban J connectivity index is 0.000000891. The lowest BCUT2D eigenvalue weighted by molar-refractivity contribution is 0.0431. The minimum Gasteiger partial charge on any atom is -0.443 e. The summed E-state index contributed by atoms with van der Waals surface area (Å²) in [7, 11) is 0. The molecule has 1 radical (unpaired) electrons. The van der Waals surface area contributed by atoms with E-state index in [9.17, 15) is 9.59 Å². The average molecular weight is 336 g/mol. The van der Waals surface area contributed by atoms with Crippen LogP contribution in [0.25, 0.3) is 11.1 Å². The molecule has 2 aliphatic carbocycles. The number of anilines is 1. The van der Waals surface area contributed by atoms with E-state index in [1.54, 1.807) is 53.7 Å². The number of carbonyl (C=O) groups is 2. The standard InChI is InChI=1S/C16H21NO4.BH2O2/c1-15(2,3)20-13(18)17(14(19)21-16(4,5)6)12-8-10-7-11(10)9-12;2-1-3/h7-9H,1-6H3;2-3H. The molecule has 0 bridgehead atoms. The van der Waals surface area contributed by atoms with Crippen LogP contribution in [-0.4, -0.2) is 41.1 Å². The molecule has 0 spiro atoms. The summed E-state index contributed by atoms with van der Waals surface area (Å²) in [6, 6.07) is 5.50. The summed E-state index contributed by atoms with van der Waals surface area (Å²) in [6.45, 7) is 10.5. The molecule has 0 atom stereocenters. The van der Waals surface area contributed by atoms with E-state index in [1.165, 1.54) is 0 Å². The molecule has 8 heteroatoms. The van der Waals surface area contributed by atoms with E-state index in [2.05, 4.69) is 0 Å². The smallest absolute Gasteiger partial charge is 0.443 e. The molecule has 2 aliphatic rings. The third-order valence-corrected chi connectivity index (χ3v) is 2.58. The second-order valence-electron chi connectivity index (χ2n) is 7.18. The SMILES string of the molecule is CC(C)(C)OC(=O)N(C(=O)OC(C)(C)C)c1cc2cc-2c1.O[B]O. The Morgan fingerprint density at radius 1 is 0.875 bits per heavy atom. The summed E-state index contributed by atoms with van der Waals surface area (Å²) in [6.07, 6.45) is -1.47. The molecule has 0 unspecified atom stereocenters. The zero-order valence-electron chi connectivity index (χ0n) is 14.8. The van der Waals surface area contributed by atoms with Crippen LogP contribution >= 0.6 is 0 Å². The van der Waals surface area contributed by atoms with Gasteiger partial charge in [-0.2, -0.15) is 4.90 Å². The molecule has 7 nitrogen and oxygen atoms in total. The van der Waals surface area contributed by atoms with Crippen LogP contribution in [0.2, 0.25) is 0 Å². The minimum atomic E-state index is -0.734. The van der Waals surface area contributed by atoms with Gasteiger partial charge in [-0.3, -0.25) is 0 Å². The molecule has 0 aromatic rings. The number of hydrogen-bond acceptors (Lipinski definition) is 6. The maximum Gasteiger partial charge on any atom is 0.482 e. The molecule has 2 N–H and O–H groups in total. The minimum absolute atomic E-state index is 0. The molecule has 131 valence electrons. The van der Waals surface area contributed by atoms with E-state index in [0.29, 0.717) is 5.69 Å². The number of imide groups is 1. The Morgan fingerprint density at radius 2 is 1.21 bits per heavy atom. The molecule has 0 aromatic carbocycles. The van der Waals surface area contributed by atoms with Crippen molar-refractivity contribution in [1.29, 1.82) is 0 Å². The van der Waals surface area contributed by atoms with Crippen molar-refractivity contribution in [1.82, 2.24) is 0 Å². The summed E-state index contributed by atoms with van der Waals surface area (Å²) in [5, 5.41) is 14.0. The Morgan fingerprint density at radius 3 is 1.50 bits per heavy atom. The largest absolute Gasteiger partial charge is 0.482 e. The van der Waals surface area contributed by atoms with Gasteiger partial charge < -0.3 is 19.5 Å². The van der Waals surface area contributed by atoms with Crippen LogP contribution in [-0.2, 0) is 9.47 Å². The fourth-order valence-corrected chi connectivity index (χ4v) is 1.77. The van der Waals surface area contributed by atoms with Gasteiger partial charge in [0.15, 0.2) is 0 Å². The Kier molecular flexibility index (Phi) is 6.02. The molecule has 0 heterocycles. The molecular formula is C16H23BNO6. The van der Waals surface area contributed by atoms with Gasteiger partial charge >= 0.3 is 19.9 Å². The van der Waals surface area contributed by atoms with Gasteiger partial charge in [-0.1, -0.05) is 0 Å². The first kappa shape index (κ1) is 20.0. The fraction of sp³-hybridized carbons (Fsp3) is 0.500. The van der Waals surface area contributed by atoms with Crippen molar-refractivity contribution < 1.29 is 29.1 Å². The van der Waals surface area contributed by atoms with Gasteiger partial charge in [-0.25, -0.2) is 9.59 Å². The summed E-state index contributed by atoms with van der Waals surface area (Å²) >= 11 is 0. The van der Waals surface area contributed by atoms with E-state index in [-0.39, 0.29) is 7.69 Å². The van der Waals surface area contributed by atoms with Gasteiger partial charge in [-0.05, 0) is 70.9 Å². The summed E-state index contributed by atoms with van der Waals surface area (Å²) in [5.74, 6) is 0. The first-order chi connectivity index (χ1) is 10.9.